The Bertz CT molecular complexity index is 522. The van der Waals surface area contributed by atoms with Crippen molar-refractivity contribution in [1.82, 2.24) is 0 Å². The highest BCUT2D eigenvalue weighted by molar-refractivity contribution is 7.93. The predicted octanol–water partition coefficient (Wildman–Crippen LogP) is 1.50. The van der Waals surface area contributed by atoms with Crippen LogP contribution in [0.1, 0.15) is 6.92 Å². The third-order valence-electron chi connectivity index (χ3n) is 2.18. The third-order valence-corrected chi connectivity index (χ3v) is 4.16. The maximum atomic E-state index is 12.9. The van der Waals surface area contributed by atoms with Crippen molar-refractivity contribution in [1.29, 1.82) is 5.26 Å². The van der Waals surface area contributed by atoms with Gasteiger partial charge in [-0.05, 0) is 25.1 Å². The van der Waals surface area contributed by atoms with E-state index in [2.05, 4.69) is 0 Å². The highest BCUT2D eigenvalue weighted by Crippen LogP contribution is 2.19. The molecule has 6 heteroatoms. The molecule has 0 radical (unpaired) electrons. The number of hydrogen-bond donors (Lipinski definition) is 0. The van der Waals surface area contributed by atoms with E-state index < -0.39 is 21.1 Å². The Morgan fingerprint density at radius 3 is 2.62 bits per heavy atom. The van der Waals surface area contributed by atoms with Crippen LogP contribution in [0.3, 0.4) is 0 Å². The normalized spacial score (nSPS) is 12.9. The van der Waals surface area contributed by atoms with E-state index in [0.717, 1.165) is 10.4 Å². The van der Waals surface area contributed by atoms with Gasteiger partial charge in [-0.1, -0.05) is 6.07 Å². The summed E-state index contributed by atoms with van der Waals surface area (Å²) < 4.78 is 37.3. The second kappa shape index (κ2) is 4.49. The quantitative estimate of drug-likeness (QED) is 0.807. The van der Waals surface area contributed by atoms with Gasteiger partial charge < -0.3 is 0 Å². The Labute approximate surface area is 94.0 Å². The lowest BCUT2D eigenvalue weighted by Crippen LogP contribution is -2.33. The number of benzene rings is 1. The molecule has 0 amide bonds. The fraction of sp³-hybridized carbons (Fsp3) is 0.300. The molecule has 1 unspecified atom stereocenters. The fourth-order valence-electron chi connectivity index (χ4n) is 1.12. The average Bonchev–Trinajstić information content (AvgIpc) is 2.26. The van der Waals surface area contributed by atoms with E-state index in [1.807, 2.05) is 0 Å². The van der Waals surface area contributed by atoms with Crippen LogP contribution in [0.4, 0.5) is 10.1 Å². The van der Waals surface area contributed by atoms with Crippen molar-refractivity contribution in [2.45, 2.75) is 12.2 Å². The molecule has 0 fully saturated rings. The van der Waals surface area contributed by atoms with Crippen molar-refractivity contribution in [2.75, 3.05) is 11.4 Å². The summed E-state index contributed by atoms with van der Waals surface area (Å²) in [4.78, 5) is 0. The number of nitriles is 1. The van der Waals surface area contributed by atoms with E-state index in [0.29, 0.717) is 0 Å². The lowest BCUT2D eigenvalue weighted by atomic mass is 10.3. The van der Waals surface area contributed by atoms with Crippen LogP contribution >= 0.6 is 0 Å². The molecule has 16 heavy (non-hydrogen) atoms. The van der Waals surface area contributed by atoms with Crippen LogP contribution in [0.5, 0.6) is 0 Å². The molecule has 0 bridgehead atoms. The number of rotatable bonds is 3. The van der Waals surface area contributed by atoms with E-state index in [1.165, 1.54) is 32.2 Å². The van der Waals surface area contributed by atoms with Gasteiger partial charge in [-0.25, -0.2) is 12.8 Å². The molecule has 0 aliphatic carbocycles. The summed E-state index contributed by atoms with van der Waals surface area (Å²) in [5, 5.41) is 7.42. The Morgan fingerprint density at radius 2 is 2.12 bits per heavy atom. The van der Waals surface area contributed by atoms with Gasteiger partial charge >= 0.3 is 0 Å². The Morgan fingerprint density at radius 1 is 1.50 bits per heavy atom. The zero-order chi connectivity index (χ0) is 12.3. The van der Waals surface area contributed by atoms with E-state index >= 15 is 0 Å². The molecule has 0 spiro atoms. The van der Waals surface area contributed by atoms with E-state index in [1.54, 1.807) is 6.07 Å². The van der Waals surface area contributed by atoms with E-state index in [9.17, 15) is 12.8 Å². The van der Waals surface area contributed by atoms with Crippen LogP contribution in [0, 0.1) is 17.1 Å². The minimum absolute atomic E-state index is 0.196. The monoisotopic (exact) mass is 242 g/mol. The fourth-order valence-corrected chi connectivity index (χ4v) is 2.14. The molecule has 0 saturated carbocycles. The molecular formula is C10H11FN2O2S. The third kappa shape index (κ3) is 2.31. The topological polar surface area (TPSA) is 61.2 Å². The summed E-state index contributed by atoms with van der Waals surface area (Å²) in [6.07, 6.45) is 0. The van der Waals surface area contributed by atoms with Gasteiger partial charge in [0.25, 0.3) is 10.0 Å². The number of halogens is 1. The number of sulfonamides is 1. The summed E-state index contributed by atoms with van der Waals surface area (Å²) >= 11 is 0. The average molecular weight is 242 g/mol. The summed E-state index contributed by atoms with van der Waals surface area (Å²) in [5.74, 6) is -0.524. The predicted molar refractivity (Wildman–Crippen MR) is 58.8 cm³/mol. The SMILES string of the molecule is CC(C#N)S(=O)(=O)N(C)c1cccc(F)c1. The van der Waals surface area contributed by atoms with E-state index in [4.69, 9.17) is 5.26 Å². The van der Waals surface area contributed by atoms with Gasteiger partial charge in [-0.3, -0.25) is 4.31 Å². The molecule has 4 nitrogen and oxygen atoms in total. The van der Waals surface area contributed by atoms with Crippen molar-refractivity contribution < 1.29 is 12.8 Å². The second-order valence-corrected chi connectivity index (χ2v) is 5.55. The molecule has 0 aliphatic heterocycles. The summed E-state index contributed by atoms with van der Waals surface area (Å²) in [6.45, 7) is 1.28. The van der Waals surface area contributed by atoms with Gasteiger partial charge in [0.2, 0.25) is 0 Å². The summed E-state index contributed by atoms with van der Waals surface area (Å²) in [5.41, 5.74) is 0.196. The van der Waals surface area contributed by atoms with Crippen LogP contribution in [0.2, 0.25) is 0 Å². The highest BCUT2D eigenvalue weighted by atomic mass is 32.2. The lowest BCUT2D eigenvalue weighted by molar-refractivity contribution is 0.590. The molecule has 0 heterocycles. The van der Waals surface area contributed by atoms with Crippen molar-refractivity contribution >= 4 is 15.7 Å². The molecule has 0 aliphatic rings. The lowest BCUT2D eigenvalue weighted by Gasteiger charge is -2.20. The highest BCUT2D eigenvalue weighted by Gasteiger charge is 2.26. The van der Waals surface area contributed by atoms with Crippen molar-refractivity contribution in [3.63, 3.8) is 0 Å². The molecule has 1 aromatic carbocycles. The van der Waals surface area contributed by atoms with Crippen molar-refractivity contribution in [2.24, 2.45) is 0 Å². The number of hydrogen-bond acceptors (Lipinski definition) is 3. The van der Waals surface area contributed by atoms with Crippen LogP contribution in [-0.2, 0) is 10.0 Å². The van der Waals surface area contributed by atoms with Gasteiger partial charge in [0, 0.05) is 7.05 Å². The standard InChI is InChI=1S/C10H11FN2O2S/c1-8(7-12)16(14,15)13(2)10-5-3-4-9(11)6-10/h3-6,8H,1-2H3. The zero-order valence-electron chi connectivity index (χ0n) is 8.88. The molecule has 1 atom stereocenters. The first-order chi connectivity index (χ1) is 7.39. The van der Waals surface area contributed by atoms with Crippen molar-refractivity contribution in [3.8, 4) is 6.07 Å². The molecule has 1 rings (SSSR count). The Balaban J connectivity index is 3.13. The molecule has 0 aromatic heterocycles. The molecule has 1 aromatic rings. The second-order valence-electron chi connectivity index (χ2n) is 3.26. The first kappa shape index (κ1) is 12.5. The minimum Gasteiger partial charge on any atom is -0.272 e. The van der Waals surface area contributed by atoms with Crippen LogP contribution in [0.15, 0.2) is 24.3 Å². The van der Waals surface area contributed by atoms with Crippen molar-refractivity contribution in [3.05, 3.63) is 30.1 Å². The first-order valence-electron chi connectivity index (χ1n) is 4.52. The minimum atomic E-state index is -3.75. The van der Waals surface area contributed by atoms with Crippen LogP contribution in [0.25, 0.3) is 0 Å². The van der Waals surface area contributed by atoms with Gasteiger partial charge in [0.05, 0.1) is 11.8 Å². The number of nitrogens with zero attached hydrogens (tertiary/aromatic N) is 2. The first-order valence-corrected chi connectivity index (χ1v) is 6.03. The summed E-state index contributed by atoms with van der Waals surface area (Å²) in [7, 11) is -2.46. The summed E-state index contributed by atoms with van der Waals surface area (Å²) in [6, 6.07) is 6.84. The maximum Gasteiger partial charge on any atom is 0.251 e. The van der Waals surface area contributed by atoms with E-state index in [-0.39, 0.29) is 5.69 Å². The maximum absolute atomic E-state index is 12.9. The number of anilines is 1. The zero-order valence-corrected chi connectivity index (χ0v) is 9.70. The van der Waals surface area contributed by atoms with Gasteiger partial charge in [-0.2, -0.15) is 5.26 Å². The van der Waals surface area contributed by atoms with Crippen LogP contribution in [-0.4, -0.2) is 20.7 Å². The van der Waals surface area contributed by atoms with Gasteiger partial charge in [-0.15, -0.1) is 0 Å². The van der Waals surface area contributed by atoms with Gasteiger partial charge in [0.15, 0.2) is 5.25 Å². The van der Waals surface area contributed by atoms with Crippen LogP contribution < -0.4 is 4.31 Å². The largest absolute Gasteiger partial charge is 0.272 e. The molecule has 0 N–H and O–H groups in total. The Kier molecular flexibility index (Phi) is 3.50. The Hall–Kier alpha value is -1.61. The smallest absolute Gasteiger partial charge is 0.251 e. The molecular weight excluding hydrogens is 231 g/mol. The molecule has 86 valence electrons. The molecule has 0 saturated heterocycles. The van der Waals surface area contributed by atoms with Gasteiger partial charge in [0.1, 0.15) is 5.82 Å².